The first kappa shape index (κ1) is 14.0. The molecule has 7 heteroatoms. The van der Waals surface area contributed by atoms with Crippen LogP contribution in [0.5, 0.6) is 0 Å². The van der Waals surface area contributed by atoms with Crippen molar-refractivity contribution in [2.24, 2.45) is 5.92 Å². The molecule has 1 aliphatic rings. The molecule has 2 aromatic rings. The van der Waals surface area contributed by atoms with E-state index in [1.807, 2.05) is 12.1 Å². The zero-order valence-electron chi connectivity index (χ0n) is 11.3. The van der Waals surface area contributed by atoms with E-state index in [4.69, 9.17) is 16.3 Å². The van der Waals surface area contributed by atoms with Crippen molar-refractivity contribution in [3.05, 3.63) is 41.2 Å². The molecule has 0 bridgehead atoms. The van der Waals surface area contributed by atoms with E-state index in [1.165, 1.54) is 0 Å². The molecule has 1 saturated heterocycles. The fraction of sp³-hybridized carbons (Fsp3) is 0.357. The molecular weight excluding hydrogens is 292 g/mol. The highest BCUT2D eigenvalue weighted by atomic mass is 35.5. The van der Waals surface area contributed by atoms with Gasteiger partial charge in [-0.3, -0.25) is 4.79 Å². The van der Waals surface area contributed by atoms with Gasteiger partial charge in [-0.05, 0) is 30.7 Å². The molecule has 1 atom stereocenters. The van der Waals surface area contributed by atoms with Gasteiger partial charge >= 0.3 is 0 Å². The summed E-state index contributed by atoms with van der Waals surface area (Å²) in [7, 11) is 0. The zero-order chi connectivity index (χ0) is 14.7. The molecule has 0 spiro atoms. The van der Waals surface area contributed by atoms with Crippen LogP contribution in [0, 0.1) is 5.92 Å². The monoisotopic (exact) mass is 306 g/mol. The molecule has 2 heterocycles. The van der Waals surface area contributed by atoms with Gasteiger partial charge < -0.3 is 10.1 Å². The van der Waals surface area contributed by atoms with Crippen LogP contribution in [-0.4, -0.2) is 40.7 Å². The minimum Gasteiger partial charge on any atom is -0.381 e. The first-order valence-corrected chi connectivity index (χ1v) is 7.14. The number of ether oxygens (including phenoxy) is 1. The molecule has 110 valence electrons. The van der Waals surface area contributed by atoms with Crippen molar-refractivity contribution >= 4 is 17.5 Å². The summed E-state index contributed by atoms with van der Waals surface area (Å²) in [5, 5.41) is 11.4. The Kier molecular flexibility index (Phi) is 4.17. The molecule has 0 aliphatic carbocycles. The third-order valence-electron chi connectivity index (χ3n) is 3.39. The number of hydrogen-bond donors (Lipinski definition) is 1. The summed E-state index contributed by atoms with van der Waals surface area (Å²) in [5.41, 5.74) is 1.10. The topological polar surface area (TPSA) is 69.0 Å². The van der Waals surface area contributed by atoms with Crippen LogP contribution >= 0.6 is 11.6 Å². The number of aromatic nitrogens is 3. The average molecular weight is 307 g/mol. The smallest absolute Gasteiger partial charge is 0.273 e. The number of hydrogen-bond acceptors (Lipinski definition) is 4. The molecule has 1 N–H and O–H groups in total. The lowest BCUT2D eigenvalue weighted by atomic mass is 10.1. The molecule has 0 saturated carbocycles. The lowest BCUT2D eigenvalue weighted by molar-refractivity contribution is 0.0940. The van der Waals surface area contributed by atoms with Crippen LogP contribution in [0.3, 0.4) is 0 Å². The number of nitrogens with zero attached hydrogens (tertiary/aromatic N) is 3. The highest BCUT2D eigenvalue weighted by Crippen LogP contribution is 2.13. The lowest BCUT2D eigenvalue weighted by Crippen LogP contribution is -2.29. The van der Waals surface area contributed by atoms with E-state index in [9.17, 15) is 4.79 Å². The normalized spacial score (nSPS) is 17.9. The molecule has 0 radical (unpaired) electrons. The SMILES string of the molecule is O=C(NC[C@@H]1CCOC1)c1cn(-c2ccc(Cl)cc2)nn1. The van der Waals surface area contributed by atoms with Gasteiger partial charge in [0, 0.05) is 24.1 Å². The van der Waals surface area contributed by atoms with Crippen LogP contribution in [0.4, 0.5) is 0 Å². The Hall–Kier alpha value is -1.92. The van der Waals surface area contributed by atoms with Gasteiger partial charge in [-0.1, -0.05) is 16.8 Å². The van der Waals surface area contributed by atoms with E-state index in [0.29, 0.717) is 29.8 Å². The van der Waals surface area contributed by atoms with E-state index in [2.05, 4.69) is 15.6 Å². The number of carbonyl (C=O) groups excluding carboxylic acids is 1. The van der Waals surface area contributed by atoms with Gasteiger partial charge in [0.1, 0.15) is 0 Å². The van der Waals surface area contributed by atoms with Crippen LogP contribution in [0.25, 0.3) is 5.69 Å². The Morgan fingerprint density at radius 3 is 2.95 bits per heavy atom. The summed E-state index contributed by atoms with van der Waals surface area (Å²) < 4.78 is 6.82. The Balaban J connectivity index is 1.63. The minimum atomic E-state index is -0.220. The van der Waals surface area contributed by atoms with Crippen molar-refractivity contribution in [2.75, 3.05) is 19.8 Å². The fourth-order valence-corrected chi connectivity index (χ4v) is 2.29. The number of rotatable bonds is 4. The Morgan fingerprint density at radius 2 is 2.24 bits per heavy atom. The van der Waals surface area contributed by atoms with Gasteiger partial charge in [0.25, 0.3) is 5.91 Å². The molecular formula is C14H15ClN4O2. The van der Waals surface area contributed by atoms with Gasteiger partial charge in [0.05, 0.1) is 18.5 Å². The fourth-order valence-electron chi connectivity index (χ4n) is 2.16. The Labute approximate surface area is 127 Å². The number of carbonyl (C=O) groups is 1. The maximum atomic E-state index is 12.0. The first-order chi connectivity index (χ1) is 10.2. The predicted octanol–water partition coefficient (Wildman–Crippen LogP) is 1.69. The van der Waals surface area contributed by atoms with Crippen molar-refractivity contribution in [1.82, 2.24) is 20.3 Å². The minimum absolute atomic E-state index is 0.220. The standard InChI is InChI=1S/C14H15ClN4O2/c15-11-1-3-12(4-2-11)19-8-13(17-18-19)14(20)16-7-10-5-6-21-9-10/h1-4,8,10H,5-7,9H2,(H,16,20)/t10-/m0/s1. The van der Waals surface area contributed by atoms with Crippen molar-refractivity contribution in [3.63, 3.8) is 0 Å². The van der Waals surface area contributed by atoms with E-state index in [0.717, 1.165) is 18.7 Å². The second-order valence-corrected chi connectivity index (χ2v) is 5.40. The van der Waals surface area contributed by atoms with Crippen molar-refractivity contribution < 1.29 is 9.53 Å². The molecule has 1 aliphatic heterocycles. The van der Waals surface area contributed by atoms with E-state index >= 15 is 0 Å². The van der Waals surface area contributed by atoms with Crippen LogP contribution in [0.1, 0.15) is 16.9 Å². The Morgan fingerprint density at radius 1 is 1.43 bits per heavy atom. The van der Waals surface area contributed by atoms with Gasteiger partial charge in [0.2, 0.25) is 0 Å². The third-order valence-corrected chi connectivity index (χ3v) is 3.64. The number of amides is 1. The van der Waals surface area contributed by atoms with Crippen molar-refractivity contribution in [3.8, 4) is 5.69 Å². The van der Waals surface area contributed by atoms with Crippen LogP contribution < -0.4 is 5.32 Å². The molecule has 6 nitrogen and oxygen atoms in total. The summed E-state index contributed by atoms with van der Waals surface area (Å²) in [6, 6.07) is 7.15. The quantitative estimate of drug-likeness (QED) is 0.933. The number of benzene rings is 1. The van der Waals surface area contributed by atoms with E-state index < -0.39 is 0 Å². The number of nitrogens with one attached hydrogen (secondary N) is 1. The summed E-state index contributed by atoms with van der Waals surface area (Å²) in [4.78, 5) is 12.0. The average Bonchev–Trinajstić information content (AvgIpc) is 3.17. The van der Waals surface area contributed by atoms with Gasteiger partial charge in [-0.2, -0.15) is 0 Å². The molecule has 0 unspecified atom stereocenters. The largest absolute Gasteiger partial charge is 0.381 e. The summed E-state index contributed by atoms with van der Waals surface area (Å²) in [6.45, 7) is 2.08. The van der Waals surface area contributed by atoms with E-state index in [-0.39, 0.29) is 5.91 Å². The summed E-state index contributed by atoms with van der Waals surface area (Å²) in [5.74, 6) is 0.169. The molecule has 3 rings (SSSR count). The summed E-state index contributed by atoms with van der Waals surface area (Å²) in [6.07, 6.45) is 2.58. The summed E-state index contributed by atoms with van der Waals surface area (Å²) >= 11 is 5.84. The lowest BCUT2D eigenvalue weighted by Gasteiger charge is -2.07. The third kappa shape index (κ3) is 3.40. The zero-order valence-corrected chi connectivity index (χ0v) is 12.1. The first-order valence-electron chi connectivity index (χ1n) is 6.76. The highest BCUT2D eigenvalue weighted by Gasteiger charge is 2.18. The van der Waals surface area contributed by atoms with Gasteiger partial charge in [0.15, 0.2) is 5.69 Å². The maximum Gasteiger partial charge on any atom is 0.273 e. The van der Waals surface area contributed by atoms with Crippen molar-refractivity contribution in [2.45, 2.75) is 6.42 Å². The van der Waals surface area contributed by atoms with Gasteiger partial charge in [-0.25, -0.2) is 4.68 Å². The predicted molar refractivity (Wildman–Crippen MR) is 77.6 cm³/mol. The van der Waals surface area contributed by atoms with Crippen LogP contribution in [0.15, 0.2) is 30.5 Å². The van der Waals surface area contributed by atoms with Crippen molar-refractivity contribution in [1.29, 1.82) is 0 Å². The van der Waals surface area contributed by atoms with Gasteiger partial charge in [-0.15, -0.1) is 5.10 Å². The molecule has 1 amide bonds. The van der Waals surface area contributed by atoms with E-state index in [1.54, 1.807) is 23.0 Å². The second kappa shape index (κ2) is 6.24. The second-order valence-electron chi connectivity index (χ2n) is 4.96. The molecule has 1 aromatic heterocycles. The van der Waals surface area contributed by atoms with Crippen LogP contribution in [0.2, 0.25) is 5.02 Å². The Bertz CT molecular complexity index is 620. The maximum absolute atomic E-state index is 12.0. The molecule has 21 heavy (non-hydrogen) atoms. The number of halogens is 1. The highest BCUT2D eigenvalue weighted by molar-refractivity contribution is 6.30. The van der Waals surface area contributed by atoms with Crippen LogP contribution in [-0.2, 0) is 4.74 Å². The molecule has 1 aromatic carbocycles. The molecule has 1 fully saturated rings.